The first-order valence-electron chi connectivity index (χ1n) is 7.42. The first-order chi connectivity index (χ1) is 9.92. The van der Waals surface area contributed by atoms with Crippen LogP contribution in [0.15, 0.2) is 24.3 Å². The Hall–Kier alpha value is -1.59. The fourth-order valence-corrected chi connectivity index (χ4v) is 1.96. The summed E-state index contributed by atoms with van der Waals surface area (Å²) in [6.45, 7) is 7.07. The van der Waals surface area contributed by atoms with Crippen LogP contribution < -0.4 is 11.1 Å². The van der Waals surface area contributed by atoms with Crippen LogP contribution in [-0.2, 0) is 6.54 Å². The van der Waals surface area contributed by atoms with Gasteiger partial charge in [-0.3, -0.25) is 0 Å². The zero-order valence-electron chi connectivity index (χ0n) is 13.6. The predicted octanol–water partition coefficient (Wildman–Crippen LogP) is 2.20. The van der Waals surface area contributed by atoms with Gasteiger partial charge in [0.15, 0.2) is 0 Å². The lowest BCUT2D eigenvalue weighted by atomic mass is 10.2. The molecule has 0 aliphatic heterocycles. The maximum Gasteiger partial charge on any atom is 0.321 e. The lowest BCUT2D eigenvalue weighted by Crippen LogP contribution is -2.41. The molecule has 0 heterocycles. The molecule has 0 radical (unpaired) electrons. The van der Waals surface area contributed by atoms with Crippen molar-refractivity contribution in [2.75, 3.05) is 39.0 Å². The lowest BCUT2D eigenvalue weighted by molar-refractivity contribution is 0.197. The summed E-state index contributed by atoms with van der Waals surface area (Å²) in [6, 6.07) is 7.59. The maximum absolute atomic E-state index is 12.4. The third kappa shape index (κ3) is 6.60. The number of hydrogen-bond acceptors (Lipinski definition) is 3. The largest absolute Gasteiger partial charge is 0.326 e. The van der Waals surface area contributed by atoms with Crippen molar-refractivity contribution in [3.63, 3.8) is 0 Å². The number of nitrogens with one attached hydrogen (secondary N) is 1. The van der Waals surface area contributed by atoms with E-state index in [9.17, 15) is 4.79 Å². The van der Waals surface area contributed by atoms with Gasteiger partial charge in [-0.2, -0.15) is 0 Å². The van der Waals surface area contributed by atoms with E-state index in [1.165, 1.54) is 0 Å². The Balaban J connectivity index is 2.65. The zero-order valence-corrected chi connectivity index (χ0v) is 13.6. The maximum atomic E-state index is 12.4. The monoisotopic (exact) mass is 292 g/mol. The normalized spacial score (nSPS) is 11.0. The molecule has 0 bridgehead atoms. The number of rotatable bonds is 7. The minimum atomic E-state index is -0.0500. The topological polar surface area (TPSA) is 61.6 Å². The molecule has 5 nitrogen and oxygen atoms in total. The minimum Gasteiger partial charge on any atom is -0.326 e. The van der Waals surface area contributed by atoms with Crippen LogP contribution in [0.2, 0.25) is 0 Å². The molecule has 0 aliphatic carbocycles. The Morgan fingerprint density at radius 2 is 1.81 bits per heavy atom. The van der Waals surface area contributed by atoms with E-state index in [0.717, 1.165) is 30.9 Å². The number of urea groups is 1. The molecule has 3 N–H and O–H groups in total. The molecule has 1 aromatic rings. The Kier molecular flexibility index (Phi) is 7.19. The molecule has 2 amide bonds. The highest BCUT2D eigenvalue weighted by atomic mass is 16.2. The van der Waals surface area contributed by atoms with Crippen molar-refractivity contribution in [3.8, 4) is 0 Å². The third-order valence-electron chi connectivity index (χ3n) is 3.13. The van der Waals surface area contributed by atoms with Crippen LogP contribution >= 0.6 is 0 Å². The van der Waals surface area contributed by atoms with E-state index in [2.05, 4.69) is 24.1 Å². The Morgan fingerprint density at radius 1 is 1.19 bits per heavy atom. The minimum absolute atomic E-state index is 0.0500. The average Bonchev–Trinajstić information content (AvgIpc) is 2.43. The molecule has 5 heteroatoms. The van der Waals surface area contributed by atoms with E-state index >= 15 is 0 Å². The zero-order chi connectivity index (χ0) is 15.8. The SMILES string of the molecule is CC(C)CN(CCN(C)C)C(=O)Nc1ccc(CN)cc1. The summed E-state index contributed by atoms with van der Waals surface area (Å²) in [5.74, 6) is 0.442. The highest BCUT2D eigenvalue weighted by Crippen LogP contribution is 2.11. The first-order valence-corrected chi connectivity index (χ1v) is 7.42. The van der Waals surface area contributed by atoms with Gasteiger partial charge in [-0.25, -0.2) is 4.79 Å². The highest BCUT2D eigenvalue weighted by Gasteiger charge is 2.15. The number of carbonyl (C=O) groups is 1. The van der Waals surface area contributed by atoms with Gasteiger partial charge in [-0.1, -0.05) is 26.0 Å². The van der Waals surface area contributed by atoms with Crippen LogP contribution in [0, 0.1) is 5.92 Å². The smallest absolute Gasteiger partial charge is 0.321 e. The second-order valence-electron chi connectivity index (χ2n) is 5.97. The number of anilines is 1. The van der Waals surface area contributed by atoms with Gasteiger partial charge in [-0.05, 0) is 37.7 Å². The van der Waals surface area contributed by atoms with Gasteiger partial charge in [0.2, 0.25) is 0 Å². The molecule has 0 spiro atoms. The van der Waals surface area contributed by atoms with Crippen molar-refractivity contribution in [3.05, 3.63) is 29.8 Å². The highest BCUT2D eigenvalue weighted by molar-refractivity contribution is 5.89. The summed E-state index contributed by atoms with van der Waals surface area (Å²) >= 11 is 0. The Bertz CT molecular complexity index is 428. The lowest BCUT2D eigenvalue weighted by Gasteiger charge is -2.26. The van der Waals surface area contributed by atoms with E-state index in [0.29, 0.717) is 12.5 Å². The molecule has 0 atom stereocenters. The molecular weight excluding hydrogens is 264 g/mol. The second kappa shape index (κ2) is 8.64. The number of amides is 2. The van der Waals surface area contributed by atoms with Gasteiger partial charge in [-0.15, -0.1) is 0 Å². The van der Waals surface area contributed by atoms with Crippen LogP contribution in [-0.4, -0.2) is 49.6 Å². The average molecular weight is 292 g/mol. The number of carbonyl (C=O) groups excluding carboxylic acids is 1. The summed E-state index contributed by atoms with van der Waals surface area (Å²) < 4.78 is 0. The number of likely N-dealkylation sites (N-methyl/N-ethyl adjacent to an activating group) is 1. The van der Waals surface area contributed by atoms with Gasteiger partial charge in [0, 0.05) is 31.9 Å². The van der Waals surface area contributed by atoms with Crippen LogP contribution in [0.3, 0.4) is 0 Å². The molecular formula is C16H28N4O. The van der Waals surface area contributed by atoms with Gasteiger partial charge in [0.05, 0.1) is 0 Å². The molecule has 0 saturated heterocycles. The van der Waals surface area contributed by atoms with Crippen molar-refractivity contribution in [2.45, 2.75) is 20.4 Å². The number of benzene rings is 1. The Morgan fingerprint density at radius 3 is 2.29 bits per heavy atom. The molecule has 1 rings (SSSR count). The van der Waals surface area contributed by atoms with E-state index < -0.39 is 0 Å². The van der Waals surface area contributed by atoms with Crippen LogP contribution in [0.25, 0.3) is 0 Å². The van der Waals surface area contributed by atoms with Crippen LogP contribution in [0.4, 0.5) is 10.5 Å². The van der Waals surface area contributed by atoms with Crippen molar-refractivity contribution in [1.82, 2.24) is 9.80 Å². The van der Waals surface area contributed by atoms with E-state index in [1.807, 2.05) is 43.3 Å². The van der Waals surface area contributed by atoms with E-state index in [-0.39, 0.29) is 6.03 Å². The molecule has 0 unspecified atom stereocenters. The third-order valence-corrected chi connectivity index (χ3v) is 3.13. The van der Waals surface area contributed by atoms with Crippen molar-refractivity contribution in [1.29, 1.82) is 0 Å². The molecule has 118 valence electrons. The molecule has 0 fully saturated rings. The van der Waals surface area contributed by atoms with Crippen LogP contribution in [0.1, 0.15) is 19.4 Å². The molecule has 21 heavy (non-hydrogen) atoms. The van der Waals surface area contributed by atoms with E-state index in [4.69, 9.17) is 5.73 Å². The van der Waals surface area contributed by atoms with Gasteiger partial charge in [0.25, 0.3) is 0 Å². The quantitative estimate of drug-likeness (QED) is 0.810. The molecule has 1 aromatic carbocycles. The van der Waals surface area contributed by atoms with E-state index in [1.54, 1.807) is 0 Å². The van der Waals surface area contributed by atoms with Gasteiger partial charge in [0.1, 0.15) is 0 Å². The molecule has 0 saturated carbocycles. The molecule has 0 aromatic heterocycles. The number of nitrogens with two attached hydrogens (primary N) is 1. The van der Waals surface area contributed by atoms with Crippen LogP contribution in [0.5, 0.6) is 0 Å². The summed E-state index contributed by atoms with van der Waals surface area (Å²) in [5, 5.41) is 2.95. The van der Waals surface area contributed by atoms with Crippen molar-refractivity contribution < 1.29 is 4.79 Å². The summed E-state index contributed by atoms with van der Waals surface area (Å²) in [7, 11) is 4.02. The van der Waals surface area contributed by atoms with Crippen molar-refractivity contribution >= 4 is 11.7 Å². The summed E-state index contributed by atoms with van der Waals surface area (Å²) in [6.07, 6.45) is 0. The standard InChI is InChI=1S/C16H28N4O/c1-13(2)12-20(10-9-19(3)4)16(21)18-15-7-5-14(11-17)6-8-15/h5-8,13H,9-12,17H2,1-4H3,(H,18,21). The fourth-order valence-electron chi connectivity index (χ4n) is 1.96. The summed E-state index contributed by atoms with van der Waals surface area (Å²) in [5.41, 5.74) is 7.43. The summed E-state index contributed by atoms with van der Waals surface area (Å²) in [4.78, 5) is 16.3. The van der Waals surface area contributed by atoms with Gasteiger partial charge < -0.3 is 20.9 Å². The molecule has 0 aliphatic rings. The fraction of sp³-hybridized carbons (Fsp3) is 0.562. The van der Waals surface area contributed by atoms with Crippen molar-refractivity contribution in [2.24, 2.45) is 11.7 Å². The second-order valence-corrected chi connectivity index (χ2v) is 5.97. The number of hydrogen-bond donors (Lipinski definition) is 2. The Labute approximate surface area is 128 Å². The number of nitrogens with zero attached hydrogens (tertiary/aromatic N) is 2. The first kappa shape index (κ1) is 17.5. The van der Waals surface area contributed by atoms with Gasteiger partial charge >= 0.3 is 6.03 Å². The predicted molar refractivity (Wildman–Crippen MR) is 88.3 cm³/mol.